The first kappa shape index (κ1) is 20.3. The molecule has 150 valence electrons. The Balaban J connectivity index is 1.77. The maximum absolute atomic E-state index is 12.6. The summed E-state index contributed by atoms with van der Waals surface area (Å²) in [5.74, 6) is 1.08. The lowest BCUT2D eigenvalue weighted by molar-refractivity contribution is -0.112. The van der Waals surface area contributed by atoms with Crippen molar-refractivity contribution in [3.8, 4) is 23.3 Å². The van der Waals surface area contributed by atoms with Gasteiger partial charge < -0.3 is 19.5 Å². The summed E-state index contributed by atoms with van der Waals surface area (Å²) < 4.78 is 16.5. The Morgan fingerprint density at radius 3 is 2.69 bits per heavy atom. The molecular weight excluding hydrogens is 368 g/mol. The van der Waals surface area contributed by atoms with Crippen LogP contribution in [0, 0.1) is 11.3 Å². The monoisotopic (exact) mass is 392 g/mol. The Hall–Kier alpha value is -3.46. The van der Waals surface area contributed by atoms with E-state index in [-0.39, 0.29) is 5.57 Å². The summed E-state index contributed by atoms with van der Waals surface area (Å²) in [4.78, 5) is 12.6. The van der Waals surface area contributed by atoms with Gasteiger partial charge in [0.1, 0.15) is 24.9 Å². The van der Waals surface area contributed by atoms with Crippen LogP contribution in [0.15, 0.2) is 42.0 Å². The third-order valence-corrected chi connectivity index (χ3v) is 4.56. The number of ether oxygens (including phenoxy) is 3. The van der Waals surface area contributed by atoms with Gasteiger partial charge in [0.25, 0.3) is 5.91 Å². The molecule has 1 aliphatic heterocycles. The van der Waals surface area contributed by atoms with Gasteiger partial charge in [-0.05, 0) is 54.3 Å². The van der Waals surface area contributed by atoms with Crippen LogP contribution in [0.5, 0.6) is 17.2 Å². The second kappa shape index (κ2) is 9.65. The van der Waals surface area contributed by atoms with Gasteiger partial charge in [-0.2, -0.15) is 5.26 Å². The lowest BCUT2D eigenvalue weighted by Crippen LogP contribution is -2.16. The number of aryl methyl sites for hydroxylation is 1. The van der Waals surface area contributed by atoms with Crippen molar-refractivity contribution in [1.82, 2.24) is 0 Å². The first-order valence-electron chi connectivity index (χ1n) is 9.64. The number of hydrogen-bond donors (Lipinski definition) is 1. The van der Waals surface area contributed by atoms with Crippen LogP contribution < -0.4 is 19.5 Å². The van der Waals surface area contributed by atoms with Crippen molar-refractivity contribution >= 4 is 17.7 Å². The van der Waals surface area contributed by atoms with Gasteiger partial charge in [0, 0.05) is 5.69 Å². The third-order valence-electron chi connectivity index (χ3n) is 4.56. The molecule has 1 heterocycles. The lowest BCUT2D eigenvalue weighted by atomic mass is 10.1. The number of nitrogens with one attached hydrogen (secondary N) is 1. The highest BCUT2D eigenvalue weighted by Crippen LogP contribution is 2.40. The number of methoxy groups -OCH3 is 1. The molecule has 3 rings (SSSR count). The van der Waals surface area contributed by atoms with Crippen LogP contribution in [0.25, 0.3) is 6.08 Å². The summed E-state index contributed by atoms with van der Waals surface area (Å²) in [6.07, 6.45) is 4.79. The quantitative estimate of drug-likeness (QED) is 0.559. The topological polar surface area (TPSA) is 80.6 Å². The Bertz CT molecular complexity index is 925. The minimum Gasteiger partial charge on any atom is -0.493 e. The SMILES string of the molecule is CCCCc1ccc(NC(=O)/C(C#N)=C/c2cc(OC)c3c(c2)OCCO3)cc1. The van der Waals surface area contributed by atoms with Crippen LogP contribution in [0.2, 0.25) is 0 Å². The average Bonchev–Trinajstić information content (AvgIpc) is 2.76. The molecule has 0 unspecified atom stereocenters. The Morgan fingerprint density at radius 2 is 2.00 bits per heavy atom. The minimum atomic E-state index is -0.470. The van der Waals surface area contributed by atoms with Crippen LogP contribution in [-0.4, -0.2) is 26.2 Å². The van der Waals surface area contributed by atoms with Crippen LogP contribution in [0.3, 0.4) is 0 Å². The predicted octanol–water partition coefficient (Wildman–Crippen LogP) is 4.35. The molecule has 6 nitrogen and oxygen atoms in total. The van der Waals surface area contributed by atoms with Crippen molar-refractivity contribution in [2.24, 2.45) is 0 Å². The number of nitrogens with zero attached hydrogens (tertiary/aromatic N) is 1. The molecule has 1 N–H and O–H groups in total. The molecule has 6 heteroatoms. The maximum Gasteiger partial charge on any atom is 0.266 e. The first-order valence-corrected chi connectivity index (χ1v) is 9.64. The lowest BCUT2D eigenvalue weighted by Gasteiger charge is -2.21. The summed E-state index contributed by atoms with van der Waals surface area (Å²) in [6.45, 7) is 3.03. The smallest absolute Gasteiger partial charge is 0.266 e. The van der Waals surface area contributed by atoms with Gasteiger partial charge >= 0.3 is 0 Å². The number of fused-ring (bicyclic) bond motifs is 1. The summed E-state index contributed by atoms with van der Waals surface area (Å²) >= 11 is 0. The summed E-state index contributed by atoms with van der Waals surface area (Å²) in [5.41, 5.74) is 2.48. The van der Waals surface area contributed by atoms with E-state index in [4.69, 9.17) is 14.2 Å². The number of carbonyl (C=O) groups excluding carboxylic acids is 1. The van der Waals surface area contributed by atoms with Crippen molar-refractivity contribution in [2.45, 2.75) is 26.2 Å². The van der Waals surface area contributed by atoms with E-state index in [1.165, 1.54) is 18.7 Å². The van der Waals surface area contributed by atoms with Crippen molar-refractivity contribution < 1.29 is 19.0 Å². The molecule has 0 saturated heterocycles. The van der Waals surface area contributed by atoms with Crippen molar-refractivity contribution in [2.75, 3.05) is 25.6 Å². The number of amides is 1. The van der Waals surface area contributed by atoms with Gasteiger partial charge in [0.15, 0.2) is 11.5 Å². The van der Waals surface area contributed by atoms with E-state index in [9.17, 15) is 10.1 Å². The molecule has 0 aliphatic carbocycles. The van der Waals surface area contributed by atoms with Gasteiger partial charge in [0.2, 0.25) is 5.75 Å². The average molecular weight is 392 g/mol. The number of carbonyl (C=O) groups is 1. The molecule has 0 aromatic heterocycles. The molecule has 1 amide bonds. The number of rotatable bonds is 7. The van der Waals surface area contributed by atoms with Gasteiger partial charge in [-0.25, -0.2) is 0 Å². The van der Waals surface area contributed by atoms with E-state index in [1.807, 2.05) is 30.3 Å². The van der Waals surface area contributed by atoms with Crippen molar-refractivity contribution in [3.05, 3.63) is 53.1 Å². The molecule has 2 aromatic carbocycles. The zero-order valence-corrected chi connectivity index (χ0v) is 16.7. The molecule has 0 saturated carbocycles. The number of nitriles is 1. The Morgan fingerprint density at radius 1 is 1.24 bits per heavy atom. The molecule has 0 bridgehead atoms. The number of hydrogen-bond acceptors (Lipinski definition) is 5. The molecule has 0 spiro atoms. The highest BCUT2D eigenvalue weighted by Gasteiger charge is 2.19. The molecule has 2 aromatic rings. The van der Waals surface area contributed by atoms with Crippen LogP contribution in [-0.2, 0) is 11.2 Å². The molecule has 1 aliphatic rings. The zero-order valence-electron chi connectivity index (χ0n) is 16.7. The summed E-state index contributed by atoms with van der Waals surface area (Å²) in [5, 5.41) is 12.2. The standard InChI is InChI=1S/C23H24N2O4/c1-3-4-5-16-6-8-19(9-7-16)25-23(26)18(15-24)12-17-13-20(27-2)22-21(14-17)28-10-11-29-22/h6-9,12-14H,3-5,10-11H2,1-2H3,(H,25,26)/b18-12+. The second-order valence-electron chi connectivity index (χ2n) is 6.67. The van der Waals surface area contributed by atoms with Gasteiger partial charge in [-0.15, -0.1) is 0 Å². The molecule has 0 fully saturated rings. The second-order valence-corrected chi connectivity index (χ2v) is 6.67. The number of anilines is 1. The first-order chi connectivity index (χ1) is 14.1. The number of unbranched alkanes of at least 4 members (excludes halogenated alkanes) is 1. The normalized spacial score (nSPS) is 12.8. The fraction of sp³-hybridized carbons (Fsp3) is 0.304. The van der Waals surface area contributed by atoms with E-state index in [2.05, 4.69) is 12.2 Å². The minimum absolute atomic E-state index is 0.0150. The Labute approximate surface area is 170 Å². The van der Waals surface area contributed by atoms with E-state index in [0.717, 1.165) is 19.3 Å². The summed E-state index contributed by atoms with van der Waals surface area (Å²) in [6, 6.07) is 13.1. The number of benzene rings is 2. The fourth-order valence-electron chi connectivity index (χ4n) is 3.03. The van der Waals surface area contributed by atoms with Crippen LogP contribution in [0.4, 0.5) is 5.69 Å². The van der Waals surface area contributed by atoms with Gasteiger partial charge in [-0.3, -0.25) is 4.79 Å². The van der Waals surface area contributed by atoms with Crippen molar-refractivity contribution in [1.29, 1.82) is 5.26 Å². The van der Waals surface area contributed by atoms with E-state index >= 15 is 0 Å². The fourth-order valence-corrected chi connectivity index (χ4v) is 3.03. The van der Waals surface area contributed by atoms with E-state index in [1.54, 1.807) is 12.1 Å². The van der Waals surface area contributed by atoms with Gasteiger partial charge in [0.05, 0.1) is 7.11 Å². The molecule has 29 heavy (non-hydrogen) atoms. The van der Waals surface area contributed by atoms with E-state index < -0.39 is 5.91 Å². The van der Waals surface area contributed by atoms with Crippen LogP contribution >= 0.6 is 0 Å². The largest absolute Gasteiger partial charge is 0.493 e. The summed E-state index contributed by atoms with van der Waals surface area (Å²) in [7, 11) is 1.53. The highest BCUT2D eigenvalue weighted by molar-refractivity contribution is 6.09. The van der Waals surface area contributed by atoms with Crippen molar-refractivity contribution in [3.63, 3.8) is 0 Å². The third kappa shape index (κ3) is 5.08. The van der Waals surface area contributed by atoms with E-state index in [0.29, 0.717) is 41.7 Å². The van der Waals surface area contributed by atoms with Crippen LogP contribution in [0.1, 0.15) is 30.9 Å². The maximum atomic E-state index is 12.6. The highest BCUT2D eigenvalue weighted by atomic mass is 16.6. The molecule has 0 atom stereocenters. The van der Waals surface area contributed by atoms with Gasteiger partial charge in [-0.1, -0.05) is 25.5 Å². The predicted molar refractivity (Wildman–Crippen MR) is 111 cm³/mol. The Kier molecular flexibility index (Phi) is 6.75. The molecular formula is C23H24N2O4. The zero-order chi connectivity index (χ0) is 20.6. The molecule has 0 radical (unpaired) electrons.